The van der Waals surface area contributed by atoms with Crippen molar-refractivity contribution in [1.29, 1.82) is 0 Å². The van der Waals surface area contributed by atoms with Crippen molar-refractivity contribution in [1.82, 2.24) is 0 Å². The predicted molar refractivity (Wildman–Crippen MR) is 59.8 cm³/mol. The van der Waals surface area contributed by atoms with E-state index in [0.717, 1.165) is 0 Å². The van der Waals surface area contributed by atoms with Crippen LogP contribution in [-0.2, 0) is 20.8 Å². The molecule has 1 N–H and O–H groups in total. The normalized spacial score (nSPS) is 15.4. The molecule has 0 aliphatic carbocycles. The molecule has 0 radical (unpaired) electrons. The Morgan fingerprint density at radius 2 is 1.88 bits per heavy atom. The van der Waals surface area contributed by atoms with Gasteiger partial charge in [-0.05, 0) is 17.7 Å². The molecule has 0 saturated carbocycles. The molecular formula is C12H11NO4. The number of carboxylic acid groups (broad SMARTS) is 1. The fourth-order valence-corrected chi connectivity index (χ4v) is 1.79. The molecule has 5 heteroatoms. The van der Waals surface area contributed by atoms with Crippen LogP contribution in [0.4, 0.5) is 5.69 Å². The van der Waals surface area contributed by atoms with Crippen molar-refractivity contribution in [3.05, 3.63) is 29.8 Å². The Morgan fingerprint density at radius 3 is 2.35 bits per heavy atom. The maximum absolute atomic E-state index is 11.5. The van der Waals surface area contributed by atoms with Gasteiger partial charge in [-0.1, -0.05) is 12.1 Å². The highest BCUT2D eigenvalue weighted by Crippen LogP contribution is 2.20. The molecule has 0 unspecified atom stereocenters. The number of carbonyl (C=O) groups is 3. The van der Waals surface area contributed by atoms with Crippen LogP contribution in [0.15, 0.2) is 24.3 Å². The van der Waals surface area contributed by atoms with Gasteiger partial charge in [0.2, 0.25) is 5.91 Å². The van der Waals surface area contributed by atoms with E-state index in [-0.39, 0.29) is 31.1 Å². The minimum atomic E-state index is -0.898. The number of ketones is 1. The summed E-state index contributed by atoms with van der Waals surface area (Å²) in [6, 6.07) is 6.63. The first kappa shape index (κ1) is 11.3. The fraction of sp³-hybridized carbons (Fsp3) is 0.250. The maximum atomic E-state index is 11.5. The van der Waals surface area contributed by atoms with Gasteiger partial charge in [0.05, 0.1) is 19.4 Å². The van der Waals surface area contributed by atoms with Crippen molar-refractivity contribution in [3.63, 3.8) is 0 Å². The molecular weight excluding hydrogens is 222 g/mol. The maximum Gasteiger partial charge on any atom is 0.307 e. The van der Waals surface area contributed by atoms with Gasteiger partial charge in [-0.3, -0.25) is 14.4 Å². The van der Waals surface area contributed by atoms with Crippen molar-refractivity contribution >= 4 is 23.3 Å². The third-order valence-corrected chi connectivity index (χ3v) is 2.59. The molecule has 1 aromatic rings. The van der Waals surface area contributed by atoms with E-state index in [1.807, 2.05) is 0 Å². The Labute approximate surface area is 97.7 Å². The van der Waals surface area contributed by atoms with Crippen molar-refractivity contribution in [2.24, 2.45) is 0 Å². The number of carbonyl (C=O) groups excluding carboxylic acids is 2. The summed E-state index contributed by atoms with van der Waals surface area (Å²) in [6.07, 6.45) is -0.0932. The second-order valence-electron chi connectivity index (χ2n) is 3.93. The number of amides is 1. The summed E-state index contributed by atoms with van der Waals surface area (Å²) in [4.78, 5) is 34.5. The van der Waals surface area contributed by atoms with Crippen LogP contribution in [0, 0.1) is 0 Å². The Balaban J connectivity index is 2.15. The van der Waals surface area contributed by atoms with Gasteiger partial charge >= 0.3 is 5.97 Å². The summed E-state index contributed by atoms with van der Waals surface area (Å²) >= 11 is 0. The molecule has 1 saturated heterocycles. The molecule has 0 atom stereocenters. The van der Waals surface area contributed by atoms with Crippen LogP contribution in [0.1, 0.15) is 12.0 Å². The van der Waals surface area contributed by atoms with Crippen molar-refractivity contribution in [3.8, 4) is 0 Å². The van der Waals surface area contributed by atoms with Crippen molar-refractivity contribution in [2.75, 3.05) is 11.4 Å². The lowest BCUT2D eigenvalue weighted by molar-refractivity contribution is -0.136. The number of hydrogen-bond acceptors (Lipinski definition) is 3. The molecule has 88 valence electrons. The number of nitrogens with zero attached hydrogens (tertiary/aromatic N) is 1. The van der Waals surface area contributed by atoms with Crippen LogP contribution in [0.2, 0.25) is 0 Å². The third-order valence-electron chi connectivity index (χ3n) is 2.59. The van der Waals surface area contributed by atoms with Gasteiger partial charge in [0, 0.05) is 5.69 Å². The summed E-state index contributed by atoms with van der Waals surface area (Å²) in [7, 11) is 0. The lowest BCUT2D eigenvalue weighted by Crippen LogP contribution is -2.24. The van der Waals surface area contributed by atoms with Gasteiger partial charge < -0.3 is 10.0 Å². The van der Waals surface area contributed by atoms with E-state index >= 15 is 0 Å². The molecule has 0 spiro atoms. The lowest BCUT2D eigenvalue weighted by Gasteiger charge is -2.14. The zero-order chi connectivity index (χ0) is 12.4. The second kappa shape index (κ2) is 4.37. The van der Waals surface area contributed by atoms with Gasteiger partial charge in [-0.2, -0.15) is 0 Å². The van der Waals surface area contributed by atoms with E-state index in [0.29, 0.717) is 11.3 Å². The molecule has 1 heterocycles. The fourth-order valence-electron chi connectivity index (χ4n) is 1.79. The Kier molecular flexibility index (Phi) is 2.91. The molecule has 5 nitrogen and oxygen atoms in total. The smallest absolute Gasteiger partial charge is 0.307 e. The van der Waals surface area contributed by atoms with Gasteiger partial charge in [0.1, 0.15) is 0 Å². The highest BCUT2D eigenvalue weighted by Gasteiger charge is 2.28. The van der Waals surface area contributed by atoms with Crippen molar-refractivity contribution < 1.29 is 19.5 Å². The van der Waals surface area contributed by atoms with E-state index < -0.39 is 5.97 Å². The first-order valence-corrected chi connectivity index (χ1v) is 5.19. The molecule has 1 aromatic carbocycles. The SMILES string of the molecule is O=C(O)Cc1ccc(N2CC(=O)CC2=O)cc1. The third kappa shape index (κ3) is 2.50. The van der Waals surface area contributed by atoms with E-state index in [1.54, 1.807) is 24.3 Å². The highest BCUT2D eigenvalue weighted by molar-refractivity contribution is 6.15. The summed E-state index contributed by atoms with van der Waals surface area (Å²) in [5, 5.41) is 8.62. The Hall–Kier alpha value is -2.17. The first-order chi connectivity index (χ1) is 8.06. The van der Waals surface area contributed by atoms with Gasteiger partial charge in [0.25, 0.3) is 0 Å². The standard InChI is InChI=1S/C12H11NO4/c14-10-6-11(15)13(7-10)9-3-1-8(2-4-9)5-12(16)17/h1-4H,5-7H2,(H,16,17). The van der Waals surface area contributed by atoms with E-state index in [9.17, 15) is 14.4 Å². The summed E-state index contributed by atoms with van der Waals surface area (Å²) in [6.45, 7) is 0.108. The molecule has 1 amide bonds. The number of carboxylic acids is 1. The van der Waals surface area contributed by atoms with Gasteiger partial charge in [-0.25, -0.2) is 0 Å². The van der Waals surface area contributed by atoms with Crippen LogP contribution in [0.5, 0.6) is 0 Å². The zero-order valence-corrected chi connectivity index (χ0v) is 9.05. The van der Waals surface area contributed by atoms with Crippen LogP contribution >= 0.6 is 0 Å². The second-order valence-corrected chi connectivity index (χ2v) is 3.93. The largest absolute Gasteiger partial charge is 0.481 e. The van der Waals surface area contributed by atoms with Gasteiger partial charge in [-0.15, -0.1) is 0 Å². The number of anilines is 1. The minimum Gasteiger partial charge on any atom is -0.481 e. The molecule has 1 aliphatic rings. The van der Waals surface area contributed by atoms with Crippen molar-refractivity contribution in [2.45, 2.75) is 12.8 Å². The number of Topliss-reactive ketones (excluding diaryl/α,β-unsaturated/α-hetero) is 1. The monoisotopic (exact) mass is 233 g/mol. The number of benzene rings is 1. The number of rotatable bonds is 3. The predicted octanol–water partition coefficient (Wildman–Crippen LogP) is 0.619. The Morgan fingerprint density at radius 1 is 1.24 bits per heavy atom. The van der Waals surface area contributed by atoms with Crippen LogP contribution in [0.25, 0.3) is 0 Å². The van der Waals surface area contributed by atoms with E-state index in [1.165, 1.54) is 4.90 Å². The Bertz CT molecular complexity index is 478. The van der Waals surface area contributed by atoms with Crippen LogP contribution < -0.4 is 4.90 Å². The summed E-state index contributed by atoms with van der Waals surface area (Å²) in [5.74, 6) is -1.20. The van der Waals surface area contributed by atoms with Crippen LogP contribution in [0.3, 0.4) is 0 Å². The highest BCUT2D eigenvalue weighted by atomic mass is 16.4. The quantitative estimate of drug-likeness (QED) is 0.776. The molecule has 0 bridgehead atoms. The minimum absolute atomic E-state index is 0.0448. The average molecular weight is 233 g/mol. The summed E-state index contributed by atoms with van der Waals surface area (Å²) < 4.78 is 0. The molecule has 0 aromatic heterocycles. The number of aliphatic carboxylic acids is 1. The van der Waals surface area contributed by atoms with E-state index in [2.05, 4.69) is 0 Å². The number of hydrogen-bond donors (Lipinski definition) is 1. The van der Waals surface area contributed by atoms with Crippen LogP contribution in [-0.4, -0.2) is 29.3 Å². The van der Waals surface area contributed by atoms with E-state index in [4.69, 9.17) is 5.11 Å². The van der Waals surface area contributed by atoms with Gasteiger partial charge in [0.15, 0.2) is 5.78 Å². The molecule has 1 fully saturated rings. The molecule has 1 aliphatic heterocycles. The zero-order valence-electron chi connectivity index (χ0n) is 9.05. The molecule has 2 rings (SSSR count). The molecule has 17 heavy (non-hydrogen) atoms. The lowest BCUT2D eigenvalue weighted by atomic mass is 10.1. The average Bonchev–Trinajstić information content (AvgIpc) is 2.58. The summed E-state index contributed by atoms with van der Waals surface area (Å²) in [5.41, 5.74) is 1.30. The first-order valence-electron chi connectivity index (χ1n) is 5.19. The topological polar surface area (TPSA) is 74.7 Å².